The normalized spacial score (nSPS) is 20.2. The summed E-state index contributed by atoms with van der Waals surface area (Å²) in [5, 5.41) is 16.3. The zero-order valence-electron chi connectivity index (χ0n) is 15.3. The maximum absolute atomic E-state index is 8.94. The van der Waals surface area contributed by atoms with Crippen LogP contribution in [0.2, 0.25) is 0 Å². The number of aromatic nitrogens is 3. The maximum Gasteiger partial charge on any atom is 0.156 e. The van der Waals surface area contributed by atoms with Gasteiger partial charge >= 0.3 is 0 Å². The fourth-order valence-electron chi connectivity index (χ4n) is 2.99. The highest BCUT2D eigenvalue weighted by atomic mass is 16.5. The van der Waals surface area contributed by atoms with Crippen molar-refractivity contribution in [1.29, 1.82) is 5.26 Å². The quantitative estimate of drug-likeness (QED) is 0.929. The first-order chi connectivity index (χ1) is 11.9. The summed E-state index contributed by atoms with van der Waals surface area (Å²) in [6.45, 7) is 10.8. The molecule has 3 rings (SSSR count). The highest BCUT2D eigenvalue weighted by Crippen LogP contribution is 2.28. The van der Waals surface area contributed by atoms with Gasteiger partial charge < -0.3 is 4.74 Å². The van der Waals surface area contributed by atoms with E-state index in [2.05, 4.69) is 53.8 Å². The van der Waals surface area contributed by atoms with E-state index in [4.69, 9.17) is 10.00 Å². The first kappa shape index (κ1) is 17.6. The lowest BCUT2D eigenvalue weighted by Gasteiger charge is -2.36. The third-order valence-electron chi connectivity index (χ3n) is 4.65. The highest BCUT2D eigenvalue weighted by molar-refractivity contribution is 5.32. The van der Waals surface area contributed by atoms with Gasteiger partial charge in [0.1, 0.15) is 6.10 Å². The van der Waals surface area contributed by atoms with E-state index in [0.717, 1.165) is 24.7 Å². The molecule has 1 aliphatic rings. The molecule has 2 heterocycles. The van der Waals surface area contributed by atoms with Crippen LogP contribution in [0, 0.1) is 11.3 Å². The van der Waals surface area contributed by atoms with E-state index in [1.807, 2.05) is 24.3 Å². The average Bonchev–Trinajstić information content (AvgIpc) is 3.12. The van der Waals surface area contributed by atoms with Crippen molar-refractivity contribution in [3.05, 3.63) is 47.0 Å². The van der Waals surface area contributed by atoms with Crippen molar-refractivity contribution in [1.82, 2.24) is 20.1 Å². The lowest BCUT2D eigenvalue weighted by atomic mass is 9.96. The van der Waals surface area contributed by atoms with Crippen molar-refractivity contribution in [2.75, 3.05) is 19.7 Å². The lowest BCUT2D eigenvalue weighted by molar-refractivity contribution is -0.0470. The monoisotopic (exact) mass is 339 g/mol. The third-order valence-corrected chi connectivity index (χ3v) is 4.65. The Labute approximate surface area is 148 Å². The van der Waals surface area contributed by atoms with Crippen molar-refractivity contribution >= 4 is 0 Å². The molecule has 0 spiro atoms. The summed E-state index contributed by atoms with van der Waals surface area (Å²) < 4.78 is 5.92. The van der Waals surface area contributed by atoms with E-state index < -0.39 is 0 Å². The lowest BCUT2D eigenvalue weighted by Crippen LogP contribution is -2.40. The molecule has 1 saturated heterocycles. The number of H-pyrrole nitrogens is 1. The Bertz CT molecular complexity index is 753. The molecule has 0 aliphatic carbocycles. The summed E-state index contributed by atoms with van der Waals surface area (Å²) in [5.41, 5.74) is 1.80. The van der Waals surface area contributed by atoms with E-state index in [9.17, 15) is 0 Å². The third kappa shape index (κ3) is 3.89. The minimum absolute atomic E-state index is 0.0844. The maximum atomic E-state index is 8.94. The van der Waals surface area contributed by atoms with E-state index >= 15 is 0 Å². The van der Waals surface area contributed by atoms with E-state index in [1.54, 1.807) is 0 Å². The van der Waals surface area contributed by atoms with Crippen LogP contribution in [0.5, 0.6) is 0 Å². The van der Waals surface area contributed by atoms with Gasteiger partial charge in [0.15, 0.2) is 11.6 Å². The second-order valence-electron chi connectivity index (χ2n) is 7.56. The van der Waals surface area contributed by atoms with Gasteiger partial charge in [-0.25, -0.2) is 4.98 Å². The number of benzene rings is 1. The summed E-state index contributed by atoms with van der Waals surface area (Å²) in [5.74, 6) is 1.60. The molecular weight excluding hydrogens is 314 g/mol. The number of nitriles is 1. The molecule has 0 saturated carbocycles. The average molecular weight is 339 g/mol. The summed E-state index contributed by atoms with van der Waals surface area (Å²) in [6, 6.07) is 10.2. The predicted octanol–water partition coefficient (Wildman–Crippen LogP) is 3.11. The molecule has 0 bridgehead atoms. The number of nitrogens with one attached hydrogen (secondary N) is 1. The minimum Gasteiger partial charge on any atom is -0.368 e. The summed E-state index contributed by atoms with van der Waals surface area (Å²) >= 11 is 0. The number of nitrogens with zero attached hydrogens (tertiary/aromatic N) is 4. The zero-order valence-corrected chi connectivity index (χ0v) is 15.3. The molecule has 6 nitrogen and oxygen atoms in total. The standard InChI is InChI=1S/C19H25N5O/c1-13(15-7-5-14(11-20)6-8-15)24-9-10-25-16(12-24)17-21-18(23-22-17)19(2,3)4/h5-8,13,16H,9-10,12H2,1-4H3,(H,21,22,23)/t13-,16+/m1/s1. The Hall–Kier alpha value is -2.23. The Kier molecular flexibility index (Phi) is 4.89. The van der Waals surface area contributed by atoms with Crippen LogP contribution in [-0.4, -0.2) is 39.8 Å². The molecule has 2 atom stereocenters. The predicted molar refractivity (Wildman–Crippen MR) is 94.9 cm³/mol. The van der Waals surface area contributed by atoms with Crippen molar-refractivity contribution in [3.8, 4) is 6.07 Å². The van der Waals surface area contributed by atoms with Gasteiger partial charge in [-0.1, -0.05) is 32.9 Å². The smallest absolute Gasteiger partial charge is 0.156 e. The molecule has 1 aromatic heterocycles. The summed E-state index contributed by atoms with van der Waals surface area (Å²) in [6.07, 6.45) is -0.0989. The zero-order chi connectivity index (χ0) is 18.0. The van der Waals surface area contributed by atoms with Crippen LogP contribution < -0.4 is 0 Å². The number of rotatable bonds is 3. The topological polar surface area (TPSA) is 77.8 Å². The number of morpholine rings is 1. The molecule has 1 fully saturated rings. The fraction of sp³-hybridized carbons (Fsp3) is 0.526. The van der Waals surface area contributed by atoms with Gasteiger partial charge in [0, 0.05) is 24.5 Å². The summed E-state index contributed by atoms with van der Waals surface area (Å²) in [4.78, 5) is 7.02. The SMILES string of the molecule is C[C@H](c1ccc(C#N)cc1)N1CCO[C@H](c2nc(C(C)(C)C)n[nH]2)C1. The van der Waals surface area contributed by atoms with Crippen LogP contribution in [0.3, 0.4) is 0 Å². The molecule has 0 amide bonds. The number of aromatic amines is 1. The molecule has 6 heteroatoms. The molecule has 1 N–H and O–H groups in total. The van der Waals surface area contributed by atoms with Gasteiger partial charge in [0.25, 0.3) is 0 Å². The summed E-state index contributed by atoms with van der Waals surface area (Å²) in [7, 11) is 0. The van der Waals surface area contributed by atoms with Gasteiger partial charge in [-0.15, -0.1) is 0 Å². The van der Waals surface area contributed by atoms with Gasteiger partial charge in [-0.2, -0.15) is 10.4 Å². The Morgan fingerprint density at radius 3 is 2.64 bits per heavy atom. The first-order valence-electron chi connectivity index (χ1n) is 8.67. The molecule has 0 radical (unpaired) electrons. The second-order valence-corrected chi connectivity index (χ2v) is 7.56. The van der Waals surface area contributed by atoms with E-state index in [0.29, 0.717) is 12.2 Å². The van der Waals surface area contributed by atoms with Gasteiger partial charge in [0.05, 0.1) is 18.2 Å². The number of hydrogen-bond donors (Lipinski definition) is 1. The Balaban J connectivity index is 1.72. The van der Waals surface area contributed by atoms with Crippen LogP contribution in [0.1, 0.15) is 62.6 Å². The molecule has 0 unspecified atom stereocenters. The van der Waals surface area contributed by atoms with Crippen molar-refractivity contribution in [3.63, 3.8) is 0 Å². The molecule has 1 aliphatic heterocycles. The fourth-order valence-corrected chi connectivity index (χ4v) is 2.99. The van der Waals surface area contributed by atoms with E-state index in [-0.39, 0.29) is 17.6 Å². The van der Waals surface area contributed by atoms with Crippen molar-refractivity contribution in [2.24, 2.45) is 0 Å². The molecule has 1 aromatic carbocycles. The van der Waals surface area contributed by atoms with Crippen LogP contribution >= 0.6 is 0 Å². The number of hydrogen-bond acceptors (Lipinski definition) is 5. The Morgan fingerprint density at radius 2 is 2.04 bits per heavy atom. The van der Waals surface area contributed by atoms with Gasteiger partial charge in [-0.05, 0) is 24.6 Å². The highest BCUT2D eigenvalue weighted by Gasteiger charge is 2.29. The van der Waals surface area contributed by atoms with Crippen molar-refractivity contribution < 1.29 is 4.74 Å². The molecular formula is C19H25N5O. The Morgan fingerprint density at radius 1 is 1.32 bits per heavy atom. The van der Waals surface area contributed by atoms with Crippen molar-refractivity contribution in [2.45, 2.75) is 45.3 Å². The molecule has 132 valence electrons. The largest absolute Gasteiger partial charge is 0.368 e. The second kappa shape index (κ2) is 6.95. The van der Waals surface area contributed by atoms with Crippen LogP contribution in [-0.2, 0) is 10.2 Å². The molecule has 25 heavy (non-hydrogen) atoms. The van der Waals surface area contributed by atoms with Crippen LogP contribution in [0.25, 0.3) is 0 Å². The minimum atomic E-state index is -0.0989. The van der Waals surface area contributed by atoms with Crippen LogP contribution in [0.4, 0.5) is 0 Å². The van der Waals surface area contributed by atoms with Gasteiger partial charge in [0.2, 0.25) is 0 Å². The van der Waals surface area contributed by atoms with Gasteiger partial charge in [-0.3, -0.25) is 10.00 Å². The van der Waals surface area contributed by atoms with Crippen LogP contribution in [0.15, 0.2) is 24.3 Å². The first-order valence-corrected chi connectivity index (χ1v) is 8.67. The number of ether oxygens (including phenoxy) is 1. The molecule has 2 aromatic rings. The van der Waals surface area contributed by atoms with E-state index in [1.165, 1.54) is 5.56 Å².